The van der Waals surface area contributed by atoms with E-state index in [1.807, 2.05) is 26.0 Å². The summed E-state index contributed by atoms with van der Waals surface area (Å²) in [7, 11) is 0. The van der Waals surface area contributed by atoms with E-state index in [0.29, 0.717) is 21.8 Å². The van der Waals surface area contributed by atoms with Crippen LogP contribution in [0, 0.1) is 13.8 Å². The van der Waals surface area contributed by atoms with Crippen LogP contribution in [-0.2, 0) is 0 Å². The molecule has 2 aromatic carbocycles. The van der Waals surface area contributed by atoms with Crippen molar-refractivity contribution in [3.05, 3.63) is 83.0 Å². The smallest absolute Gasteiger partial charge is 0.258 e. The molecule has 0 bridgehead atoms. The van der Waals surface area contributed by atoms with Crippen LogP contribution in [-0.4, -0.2) is 16.8 Å². The van der Waals surface area contributed by atoms with Crippen LogP contribution in [0.3, 0.4) is 0 Å². The lowest BCUT2D eigenvalue weighted by molar-refractivity contribution is 0.0998. The number of nitrogens with zero attached hydrogens (tertiary/aromatic N) is 1. The quantitative estimate of drug-likeness (QED) is 0.698. The molecule has 0 unspecified atom stereocenters. The van der Waals surface area contributed by atoms with Crippen LogP contribution in [0.2, 0.25) is 0 Å². The number of nitrogens with one attached hydrogen (secondary N) is 1. The van der Waals surface area contributed by atoms with Gasteiger partial charge in [0.05, 0.1) is 5.56 Å². The number of carbonyl (C=O) groups is 2. The molecule has 5 nitrogen and oxygen atoms in total. The third kappa shape index (κ3) is 4.54. The monoisotopic (exact) mass is 377 g/mol. The van der Waals surface area contributed by atoms with Crippen LogP contribution in [0.1, 0.15) is 31.8 Å². The molecule has 3 N–H and O–H groups in total. The van der Waals surface area contributed by atoms with Gasteiger partial charge in [0, 0.05) is 22.3 Å². The maximum absolute atomic E-state index is 12.7. The molecule has 0 aliphatic rings. The number of primary amides is 1. The van der Waals surface area contributed by atoms with Gasteiger partial charge in [0.25, 0.3) is 5.91 Å². The summed E-state index contributed by atoms with van der Waals surface area (Å²) in [5, 5.41) is 3.46. The Hall–Kier alpha value is -3.12. The zero-order valence-corrected chi connectivity index (χ0v) is 15.8. The maximum atomic E-state index is 12.7. The first kappa shape index (κ1) is 18.7. The molecular formula is C21H19N3O2S. The van der Waals surface area contributed by atoms with Gasteiger partial charge in [0.2, 0.25) is 5.91 Å². The molecule has 0 atom stereocenters. The molecule has 0 spiro atoms. The molecule has 2 amide bonds. The van der Waals surface area contributed by atoms with Gasteiger partial charge in [-0.1, -0.05) is 29.5 Å². The summed E-state index contributed by atoms with van der Waals surface area (Å²) in [5.41, 5.74) is 9.02. The Balaban J connectivity index is 1.82. The van der Waals surface area contributed by atoms with Crippen molar-refractivity contribution in [2.45, 2.75) is 23.8 Å². The van der Waals surface area contributed by atoms with E-state index >= 15 is 0 Å². The molecule has 136 valence electrons. The fourth-order valence-corrected chi connectivity index (χ4v) is 3.53. The SMILES string of the molecule is Cc1ccc(Sc2ncccc2C(=O)Nc2ccc(C(N)=O)cc2)c(C)c1. The van der Waals surface area contributed by atoms with Crippen molar-refractivity contribution in [2.75, 3.05) is 5.32 Å². The molecule has 1 heterocycles. The fraction of sp³-hybridized carbons (Fsp3) is 0.0952. The van der Waals surface area contributed by atoms with Gasteiger partial charge in [0.1, 0.15) is 5.03 Å². The highest BCUT2D eigenvalue weighted by Gasteiger charge is 2.15. The largest absolute Gasteiger partial charge is 0.366 e. The predicted molar refractivity (Wildman–Crippen MR) is 107 cm³/mol. The summed E-state index contributed by atoms with van der Waals surface area (Å²) < 4.78 is 0. The molecule has 0 saturated heterocycles. The first-order chi connectivity index (χ1) is 12.9. The average Bonchev–Trinajstić information content (AvgIpc) is 2.65. The van der Waals surface area contributed by atoms with Crippen molar-refractivity contribution in [2.24, 2.45) is 5.73 Å². The molecule has 0 radical (unpaired) electrons. The minimum atomic E-state index is -0.507. The number of pyridine rings is 1. The number of aromatic nitrogens is 1. The Morgan fingerprint density at radius 2 is 1.78 bits per heavy atom. The van der Waals surface area contributed by atoms with Crippen LogP contribution in [0.25, 0.3) is 0 Å². The zero-order valence-electron chi connectivity index (χ0n) is 15.0. The van der Waals surface area contributed by atoms with Crippen LogP contribution < -0.4 is 11.1 Å². The summed E-state index contributed by atoms with van der Waals surface area (Å²) in [6.07, 6.45) is 1.67. The molecule has 1 aromatic heterocycles. The molecule has 3 rings (SSSR count). The van der Waals surface area contributed by atoms with Gasteiger partial charge in [-0.3, -0.25) is 9.59 Å². The highest BCUT2D eigenvalue weighted by molar-refractivity contribution is 7.99. The van der Waals surface area contributed by atoms with Gasteiger partial charge in [-0.05, 0) is 61.9 Å². The van der Waals surface area contributed by atoms with E-state index in [2.05, 4.69) is 16.4 Å². The Morgan fingerprint density at radius 1 is 1.04 bits per heavy atom. The van der Waals surface area contributed by atoms with Crippen LogP contribution in [0.4, 0.5) is 5.69 Å². The lowest BCUT2D eigenvalue weighted by Crippen LogP contribution is -2.14. The van der Waals surface area contributed by atoms with Crippen molar-refractivity contribution in [3.8, 4) is 0 Å². The Kier molecular flexibility index (Phi) is 5.57. The summed E-state index contributed by atoms with van der Waals surface area (Å²) in [6.45, 7) is 4.09. The number of benzene rings is 2. The van der Waals surface area contributed by atoms with Crippen molar-refractivity contribution >= 4 is 29.3 Å². The van der Waals surface area contributed by atoms with Gasteiger partial charge in [-0.2, -0.15) is 0 Å². The average molecular weight is 377 g/mol. The normalized spacial score (nSPS) is 10.4. The zero-order chi connectivity index (χ0) is 19.4. The third-order valence-electron chi connectivity index (χ3n) is 3.98. The van der Waals surface area contributed by atoms with E-state index in [1.165, 1.54) is 17.3 Å². The second kappa shape index (κ2) is 8.05. The van der Waals surface area contributed by atoms with E-state index in [-0.39, 0.29) is 5.91 Å². The van der Waals surface area contributed by atoms with Crippen LogP contribution in [0.5, 0.6) is 0 Å². The highest BCUT2D eigenvalue weighted by atomic mass is 32.2. The molecule has 0 aliphatic carbocycles. The molecule has 0 aliphatic heterocycles. The number of hydrogen-bond acceptors (Lipinski definition) is 4. The van der Waals surface area contributed by atoms with E-state index in [4.69, 9.17) is 5.73 Å². The number of rotatable bonds is 5. The molecule has 6 heteroatoms. The molecule has 0 fully saturated rings. The van der Waals surface area contributed by atoms with Crippen LogP contribution in [0.15, 0.2) is 70.7 Å². The summed E-state index contributed by atoms with van der Waals surface area (Å²) in [5.74, 6) is -0.769. The number of aryl methyl sites for hydroxylation is 2. The van der Waals surface area contributed by atoms with E-state index < -0.39 is 5.91 Å². The minimum absolute atomic E-state index is 0.262. The van der Waals surface area contributed by atoms with Crippen molar-refractivity contribution in [1.82, 2.24) is 4.98 Å². The van der Waals surface area contributed by atoms with Gasteiger partial charge in [-0.25, -0.2) is 4.98 Å². The van der Waals surface area contributed by atoms with Gasteiger partial charge in [0.15, 0.2) is 0 Å². The standard InChI is InChI=1S/C21H19N3O2S/c1-13-5-10-18(14(2)12-13)27-21-17(4-3-11-23-21)20(26)24-16-8-6-15(7-9-16)19(22)25/h3-12H,1-2H3,(H2,22,25)(H,24,26). The van der Waals surface area contributed by atoms with Crippen molar-refractivity contribution < 1.29 is 9.59 Å². The second-order valence-electron chi connectivity index (χ2n) is 6.12. The van der Waals surface area contributed by atoms with Crippen molar-refractivity contribution in [1.29, 1.82) is 0 Å². The molecule has 0 saturated carbocycles. The molecule has 3 aromatic rings. The van der Waals surface area contributed by atoms with E-state index in [1.54, 1.807) is 42.6 Å². The fourth-order valence-electron chi connectivity index (χ4n) is 2.58. The van der Waals surface area contributed by atoms with Gasteiger partial charge < -0.3 is 11.1 Å². The lowest BCUT2D eigenvalue weighted by Gasteiger charge is -2.11. The lowest BCUT2D eigenvalue weighted by atomic mass is 10.2. The van der Waals surface area contributed by atoms with Crippen LogP contribution >= 0.6 is 11.8 Å². The highest BCUT2D eigenvalue weighted by Crippen LogP contribution is 2.31. The van der Waals surface area contributed by atoms with Gasteiger partial charge in [-0.15, -0.1) is 0 Å². The first-order valence-corrected chi connectivity index (χ1v) is 9.17. The number of amides is 2. The van der Waals surface area contributed by atoms with Crippen molar-refractivity contribution in [3.63, 3.8) is 0 Å². The summed E-state index contributed by atoms with van der Waals surface area (Å²) in [4.78, 5) is 29.3. The third-order valence-corrected chi connectivity index (χ3v) is 5.18. The Morgan fingerprint density at radius 3 is 2.44 bits per heavy atom. The maximum Gasteiger partial charge on any atom is 0.258 e. The predicted octanol–water partition coefficient (Wildman–Crippen LogP) is 4.20. The summed E-state index contributed by atoms with van der Waals surface area (Å²) in [6, 6.07) is 16.1. The first-order valence-electron chi connectivity index (χ1n) is 8.35. The second-order valence-corrected chi connectivity index (χ2v) is 7.15. The van der Waals surface area contributed by atoms with E-state index in [9.17, 15) is 9.59 Å². The van der Waals surface area contributed by atoms with Gasteiger partial charge >= 0.3 is 0 Å². The summed E-state index contributed by atoms with van der Waals surface area (Å²) >= 11 is 1.46. The Labute approximate surface area is 162 Å². The molecular weight excluding hydrogens is 358 g/mol. The number of anilines is 1. The number of hydrogen-bond donors (Lipinski definition) is 2. The number of carbonyl (C=O) groups excluding carboxylic acids is 2. The molecule has 27 heavy (non-hydrogen) atoms. The number of nitrogens with two attached hydrogens (primary N) is 1. The minimum Gasteiger partial charge on any atom is -0.366 e. The van der Waals surface area contributed by atoms with E-state index in [0.717, 1.165) is 10.5 Å². The topological polar surface area (TPSA) is 85.1 Å². The Bertz CT molecular complexity index is 1000.